The maximum Gasteiger partial charge on any atom is 0.124 e. The van der Waals surface area contributed by atoms with Gasteiger partial charge < -0.3 is 14.8 Å². The molecule has 21 heavy (non-hydrogen) atoms. The predicted octanol–water partition coefficient (Wildman–Crippen LogP) is 2.42. The molecule has 112 valence electrons. The number of benzene rings is 1. The van der Waals surface area contributed by atoms with Crippen LogP contribution < -0.4 is 14.8 Å². The topological polar surface area (TPSA) is 56.3 Å². The second kappa shape index (κ2) is 6.54. The number of hydrogen-bond acceptors (Lipinski definition) is 5. The number of rotatable bonds is 5. The Labute approximate surface area is 125 Å². The summed E-state index contributed by atoms with van der Waals surface area (Å²) in [5.74, 6) is 1.60. The number of aromatic nitrogens is 2. The van der Waals surface area contributed by atoms with Crippen LogP contribution in [0.1, 0.15) is 28.6 Å². The summed E-state index contributed by atoms with van der Waals surface area (Å²) < 4.78 is 10.8. The van der Waals surface area contributed by atoms with E-state index in [4.69, 9.17) is 9.47 Å². The lowest BCUT2D eigenvalue weighted by Crippen LogP contribution is -2.20. The van der Waals surface area contributed by atoms with Crippen molar-refractivity contribution in [3.8, 4) is 11.5 Å². The van der Waals surface area contributed by atoms with Crippen molar-refractivity contribution in [3.05, 3.63) is 46.8 Å². The molecule has 0 bridgehead atoms. The monoisotopic (exact) mass is 287 g/mol. The van der Waals surface area contributed by atoms with Crippen LogP contribution in [0.3, 0.4) is 0 Å². The highest BCUT2D eigenvalue weighted by Gasteiger charge is 2.20. The van der Waals surface area contributed by atoms with E-state index in [1.54, 1.807) is 14.2 Å². The Morgan fingerprint density at radius 1 is 1.00 bits per heavy atom. The van der Waals surface area contributed by atoms with Crippen molar-refractivity contribution < 1.29 is 9.47 Å². The van der Waals surface area contributed by atoms with Gasteiger partial charge in [0.15, 0.2) is 0 Å². The minimum absolute atomic E-state index is 0.0377. The largest absolute Gasteiger partial charge is 0.497 e. The van der Waals surface area contributed by atoms with Crippen LogP contribution in [0, 0.1) is 13.8 Å². The van der Waals surface area contributed by atoms with Gasteiger partial charge in [-0.3, -0.25) is 0 Å². The van der Waals surface area contributed by atoms with E-state index in [-0.39, 0.29) is 6.04 Å². The summed E-state index contributed by atoms with van der Waals surface area (Å²) >= 11 is 0. The van der Waals surface area contributed by atoms with E-state index >= 15 is 0 Å². The molecule has 0 radical (unpaired) electrons. The fourth-order valence-electron chi connectivity index (χ4n) is 2.41. The van der Waals surface area contributed by atoms with E-state index in [0.717, 1.165) is 34.0 Å². The van der Waals surface area contributed by atoms with Crippen molar-refractivity contribution >= 4 is 0 Å². The van der Waals surface area contributed by atoms with E-state index in [0.29, 0.717) is 0 Å². The molecule has 1 aromatic carbocycles. The van der Waals surface area contributed by atoms with Crippen LogP contribution in [0.25, 0.3) is 0 Å². The van der Waals surface area contributed by atoms with Crippen molar-refractivity contribution in [1.82, 2.24) is 15.5 Å². The molecular formula is C16H21N3O2. The third-order valence-electron chi connectivity index (χ3n) is 3.49. The number of nitrogens with one attached hydrogen (secondary N) is 1. The highest BCUT2D eigenvalue weighted by molar-refractivity contribution is 5.46. The van der Waals surface area contributed by atoms with Gasteiger partial charge in [-0.25, -0.2) is 0 Å². The van der Waals surface area contributed by atoms with Gasteiger partial charge in [0.2, 0.25) is 0 Å². The molecule has 0 spiro atoms. The Bertz CT molecular complexity index is 629. The first-order chi connectivity index (χ1) is 10.1. The summed E-state index contributed by atoms with van der Waals surface area (Å²) in [6, 6.07) is 7.79. The Morgan fingerprint density at radius 3 is 2.38 bits per heavy atom. The number of hydrogen-bond donors (Lipinski definition) is 1. The van der Waals surface area contributed by atoms with Crippen molar-refractivity contribution in [2.45, 2.75) is 19.9 Å². The van der Waals surface area contributed by atoms with E-state index in [1.807, 2.05) is 45.2 Å². The summed E-state index contributed by atoms with van der Waals surface area (Å²) in [4.78, 5) is 0. The van der Waals surface area contributed by atoms with Crippen LogP contribution in [0.4, 0.5) is 0 Å². The molecule has 0 saturated heterocycles. The zero-order valence-electron chi connectivity index (χ0n) is 13.1. The predicted molar refractivity (Wildman–Crippen MR) is 82.0 cm³/mol. The summed E-state index contributed by atoms with van der Waals surface area (Å²) in [7, 11) is 5.24. The van der Waals surface area contributed by atoms with Gasteiger partial charge in [-0.05, 0) is 50.7 Å². The minimum Gasteiger partial charge on any atom is -0.497 e. The molecule has 1 unspecified atom stereocenters. The second-order valence-corrected chi connectivity index (χ2v) is 4.86. The molecule has 0 aliphatic carbocycles. The van der Waals surface area contributed by atoms with Gasteiger partial charge in [-0.2, -0.15) is 10.2 Å². The lowest BCUT2D eigenvalue weighted by atomic mass is 9.96. The summed E-state index contributed by atoms with van der Waals surface area (Å²) in [6.45, 7) is 3.89. The first-order valence-electron chi connectivity index (χ1n) is 6.80. The Kier molecular flexibility index (Phi) is 4.75. The van der Waals surface area contributed by atoms with Gasteiger partial charge in [0.25, 0.3) is 0 Å². The molecule has 1 heterocycles. The lowest BCUT2D eigenvalue weighted by Gasteiger charge is -2.21. The number of ether oxygens (including phenoxy) is 2. The summed E-state index contributed by atoms with van der Waals surface area (Å²) in [6.07, 6.45) is 0. The van der Waals surface area contributed by atoms with Gasteiger partial charge in [0.1, 0.15) is 11.5 Å². The molecule has 5 heteroatoms. The fourth-order valence-corrected chi connectivity index (χ4v) is 2.41. The SMILES string of the molecule is CNC(c1cc(OC)ccc1OC)c1cc(C)nnc1C. The average Bonchev–Trinajstić information content (AvgIpc) is 2.51. The van der Waals surface area contributed by atoms with Crippen LogP contribution in [-0.4, -0.2) is 31.5 Å². The number of nitrogens with zero attached hydrogens (tertiary/aromatic N) is 2. The van der Waals surface area contributed by atoms with E-state index in [9.17, 15) is 0 Å². The molecule has 1 N–H and O–H groups in total. The quantitative estimate of drug-likeness (QED) is 0.915. The fraction of sp³-hybridized carbons (Fsp3) is 0.375. The number of methoxy groups -OCH3 is 2. The zero-order valence-corrected chi connectivity index (χ0v) is 13.1. The maximum absolute atomic E-state index is 5.49. The highest BCUT2D eigenvalue weighted by atomic mass is 16.5. The third-order valence-corrected chi connectivity index (χ3v) is 3.49. The molecule has 0 saturated carbocycles. The summed E-state index contributed by atoms with van der Waals surface area (Å²) in [5.41, 5.74) is 3.87. The zero-order chi connectivity index (χ0) is 15.4. The Balaban J connectivity index is 2.57. The Morgan fingerprint density at radius 2 is 1.76 bits per heavy atom. The first-order valence-corrected chi connectivity index (χ1v) is 6.80. The molecule has 2 aromatic rings. The summed E-state index contributed by atoms with van der Waals surface area (Å²) in [5, 5.41) is 11.6. The number of aryl methyl sites for hydroxylation is 2. The van der Waals surface area contributed by atoms with Crippen LogP contribution >= 0.6 is 0 Å². The molecular weight excluding hydrogens is 266 g/mol. The standard InChI is InChI=1S/C16H21N3O2/c1-10-8-13(11(2)19-18-10)16(17-3)14-9-12(20-4)6-7-15(14)21-5/h6-9,16-17H,1-5H3. The van der Waals surface area contributed by atoms with E-state index in [2.05, 4.69) is 15.5 Å². The van der Waals surface area contributed by atoms with Crippen molar-refractivity contribution in [3.63, 3.8) is 0 Å². The molecule has 5 nitrogen and oxygen atoms in total. The third kappa shape index (κ3) is 3.13. The molecule has 2 rings (SSSR count). The van der Waals surface area contributed by atoms with Crippen molar-refractivity contribution in [1.29, 1.82) is 0 Å². The highest BCUT2D eigenvalue weighted by Crippen LogP contribution is 2.33. The molecule has 0 aliphatic rings. The van der Waals surface area contributed by atoms with E-state index in [1.165, 1.54) is 0 Å². The molecule has 1 aromatic heterocycles. The Hall–Kier alpha value is -2.14. The first kappa shape index (κ1) is 15.3. The van der Waals surface area contributed by atoms with E-state index < -0.39 is 0 Å². The average molecular weight is 287 g/mol. The minimum atomic E-state index is -0.0377. The normalized spacial score (nSPS) is 12.0. The molecule has 1 atom stereocenters. The van der Waals surface area contributed by atoms with Gasteiger partial charge in [-0.15, -0.1) is 0 Å². The lowest BCUT2D eigenvalue weighted by molar-refractivity contribution is 0.395. The van der Waals surface area contributed by atoms with Gasteiger partial charge in [0.05, 0.1) is 31.6 Å². The van der Waals surface area contributed by atoms with Crippen LogP contribution in [0.5, 0.6) is 11.5 Å². The van der Waals surface area contributed by atoms with Crippen LogP contribution in [-0.2, 0) is 0 Å². The van der Waals surface area contributed by atoms with Crippen LogP contribution in [0.15, 0.2) is 24.3 Å². The van der Waals surface area contributed by atoms with Crippen molar-refractivity contribution in [2.75, 3.05) is 21.3 Å². The van der Waals surface area contributed by atoms with Crippen LogP contribution in [0.2, 0.25) is 0 Å². The van der Waals surface area contributed by atoms with Gasteiger partial charge in [-0.1, -0.05) is 0 Å². The maximum atomic E-state index is 5.49. The van der Waals surface area contributed by atoms with Gasteiger partial charge >= 0.3 is 0 Å². The molecule has 0 amide bonds. The van der Waals surface area contributed by atoms with Crippen molar-refractivity contribution in [2.24, 2.45) is 0 Å². The second-order valence-electron chi connectivity index (χ2n) is 4.86. The van der Waals surface area contributed by atoms with Gasteiger partial charge in [0, 0.05) is 5.56 Å². The molecule has 0 fully saturated rings. The smallest absolute Gasteiger partial charge is 0.124 e. The molecule has 0 aliphatic heterocycles.